The molecule has 19 heavy (non-hydrogen) atoms. The molecular formula is C14H13NO3S. The van der Waals surface area contributed by atoms with Gasteiger partial charge in [-0.25, -0.2) is 4.79 Å². The van der Waals surface area contributed by atoms with Crippen molar-refractivity contribution in [2.75, 3.05) is 5.32 Å². The van der Waals surface area contributed by atoms with Crippen molar-refractivity contribution in [2.24, 2.45) is 0 Å². The van der Waals surface area contributed by atoms with Crippen molar-refractivity contribution in [3.8, 4) is 5.75 Å². The molecule has 0 saturated heterocycles. The average molecular weight is 275 g/mol. The molecule has 2 aromatic rings. The number of anilines is 1. The summed E-state index contributed by atoms with van der Waals surface area (Å²) in [7, 11) is 0. The van der Waals surface area contributed by atoms with Gasteiger partial charge in [0, 0.05) is 6.92 Å². The maximum Gasteiger partial charge on any atom is 0.353 e. The Hall–Kier alpha value is -2.14. The Morgan fingerprint density at radius 1 is 1.21 bits per heavy atom. The highest BCUT2D eigenvalue weighted by Gasteiger charge is 2.12. The van der Waals surface area contributed by atoms with Gasteiger partial charge in [-0.05, 0) is 36.8 Å². The van der Waals surface area contributed by atoms with Crippen molar-refractivity contribution in [3.63, 3.8) is 0 Å². The highest BCUT2D eigenvalue weighted by molar-refractivity contribution is 7.18. The number of carbonyl (C=O) groups is 2. The molecule has 4 nitrogen and oxygen atoms in total. The fraction of sp³-hybridized carbons (Fsp3) is 0.143. The van der Waals surface area contributed by atoms with Crippen LogP contribution in [0.2, 0.25) is 0 Å². The van der Waals surface area contributed by atoms with Gasteiger partial charge in [-0.15, -0.1) is 11.3 Å². The van der Waals surface area contributed by atoms with Crippen molar-refractivity contribution >= 4 is 28.2 Å². The Kier molecular flexibility index (Phi) is 3.97. The topological polar surface area (TPSA) is 55.4 Å². The second-order valence-electron chi connectivity index (χ2n) is 4.05. The van der Waals surface area contributed by atoms with E-state index in [0.717, 1.165) is 5.56 Å². The van der Waals surface area contributed by atoms with E-state index in [2.05, 4.69) is 5.32 Å². The number of thiophene rings is 1. The molecule has 0 aliphatic rings. The summed E-state index contributed by atoms with van der Waals surface area (Å²) in [6.07, 6.45) is 0. The summed E-state index contributed by atoms with van der Waals surface area (Å²) >= 11 is 1.19. The predicted octanol–water partition coefficient (Wildman–Crippen LogP) is 3.23. The first-order valence-electron chi connectivity index (χ1n) is 5.71. The molecule has 2 rings (SSSR count). The summed E-state index contributed by atoms with van der Waals surface area (Å²) in [4.78, 5) is 23.2. The molecule has 98 valence electrons. The third-order valence-corrected chi connectivity index (χ3v) is 3.29. The van der Waals surface area contributed by atoms with Crippen LogP contribution >= 0.6 is 11.3 Å². The summed E-state index contributed by atoms with van der Waals surface area (Å²) in [6.45, 7) is 3.35. The number of esters is 1. The lowest BCUT2D eigenvalue weighted by Crippen LogP contribution is -2.06. The Bertz CT molecular complexity index is 619. The van der Waals surface area contributed by atoms with Crippen LogP contribution in [-0.4, -0.2) is 11.9 Å². The molecule has 0 bridgehead atoms. The monoisotopic (exact) mass is 275 g/mol. The molecule has 0 atom stereocenters. The Morgan fingerprint density at radius 2 is 2.00 bits per heavy atom. The van der Waals surface area contributed by atoms with Crippen LogP contribution in [-0.2, 0) is 4.79 Å². The SMILES string of the molecule is CC(=O)Nc1ccc(C(=O)Oc2cccc(C)c2)s1. The number of nitrogens with one attached hydrogen (secondary N) is 1. The van der Waals surface area contributed by atoms with Gasteiger partial charge in [-0.3, -0.25) is 4.79 Å². The highest BCUT2D eigenvalue weighted by atomic mass is 32.1. The van der Waals surface area contributed by atoms with Crippen LogP contribution in [0.5, 0.6) is 5.75 Å². The van der Waals surface area contributed by atoms with Crippen LogP contribution in [0.15, 0.2) is 36.4 Å². The van der Waals surface area contributed by atoms with Crippen molar-refractivity contribution in [3.05, 3.63) is 46.8 Å². The van der Waals surface area contributed by atoms with Gasteiger partial charge in [0.05, 0.1) is 5.00 Å². The van der Waals surface area contributed by atoms with E-state index in [0.29, 0.717) is 15.6 Å². The second-order valence-corrected chi connectivity index (χ2v) is 5.13. The van der Waals surface area contributed by atoms with E-state index in [-0.39, 0.29) is 5.91 Å². The van der Waals surface area contributed by atoms with Crippen molar-refractivity contribution in [2.45, 2.75) is 13.8 Å². The van der Waals surface area contributed by atoms with Crippen LogP contribution in [0.4, 0.5) is 5.00 Å². The number of benzene rings is 1. The fourth-order valence-electron chi connectivity index (χ4n) is 1.52. The first-order valence-corrected chi connectivity index (χ1v) is 6.52. The molecule has 0 aliphatic heterocycles. The van der Waals surface area contributed by atoms with Gasteiger partial charge in [-0.2, -0.15) is 0 Å². The van der Waals surface area contributed by atoms with Gasteiger partial charge >= 0.3 is 5.97 Å². The van der Waals surface area contributed by atoms with Crippen molar-refractivity contribution in [1.82, 2.24) is 0 Å². The van der Waals surface area contributed by atoms with E-state index in [1.165, 1.54) is 18.3 Å². The minimum Gasteiger partial charge on any atom is -0.422 e. The maximum atomic E-state index is 11.9. The highest BCUT2D eigenvalue weighted by Crippen LogP contribution is 2.23. The first kappa shape index (κ1) is 13.3. The predicted molar refractivity (Wildman–Crippen MR) is 74.8 cm³/mol. The van der Waals surface area contributed by atoms with E-state index in [4.69, 9.17) is 4.74 Å². The number of rotatable bonds is 3. The molecule has 5 heteroatoms. The number of amides is 1. The molecule has 1 aromatic carbocycles. The van der Waals surface area contributed by atoms with Crippen molar-refractivity contribution in [1.29, 1.82) is 0 Å². The third-order valence-electron chi connectivity index (χ3n) is 2.31. The van der Waals surface area contributed by atoms with E-state index < -0.39 is 5.97 Å². The molecule has 1 amide bonds. The molecule has 0 aliphatic carbocycles. The fourth-order valence-corrected chi connectivity index (χ4v) is 2.35. The van der Waals surface area contributed by atoms with Crippen LogP contribution < -0.4 is 10.1 Å². The number of carbonyl (C=O) groups excluding carboxylic acids is 2. The number of ether oxygens (including phenoxy) is 1. The molecular weight excluding hydrogens is 262 g/mol. The summed E-state index contributed by atoms with van der Waals surface area (Å²) < 4.78 is 5.26. The minimum absolute atomic E-state index is 0.166. The Labute approximate surface area is 115 Å². The molecule has 1 N–H and O–H groups in total. The van der Waals surface area contributed by atoms with E-state index in [9.17, 15) is 9.59 Å². The lowest BCUT2D eigenvalue weighted by molar-refractivity contribution is -0.114. The van der Waals surface area contributed by atoms with Gasteiger partial charge in [0.2, 0.25) is 5.91 Å². The normalized spacial score (nSPS) is 10.0. The zero-order valence-corrected chi connectivity index (χ0v) is 11.4. The quantitative estimate of drug-likeness (QED) is 0.691. The van der Waals surface area contributed by atoms with Gasteiger partial charge in [0.1, 0.15) is 10.6 Å². The van der Waals surface area contributed by atoms with Gasteiger partial charge < -0.3 is 10.1 Å². The standard InChI is InChI=1S/C14H13NO3S/c1-9-4-3-5-11(8-9)18-14(17)12-6-7-13(19-12)15-10(2)16/h3-8H,1-2H3,(H,15,16). The maximum absolute atomic E-state index is 11.9. The molecule has 0 spiro atoms. The van der Waals surface area contributed by atoms with Gasteiger partial charge in [0.25, 0.3) is 0 Å². The molecule has 1 heterocycles. The molecule has 0 radical (unpaired) electrons. The zero-order valence-electron chi connectivity index (χ0n) is 10.6. The van der Waals surface area contributed by atoms with Gasteiger partial charge in [0.15, 0.2) is 0 Å². The smallest absolute Gasteiger partial charge is 0.353 e. The molecule has 1 aromatic heterocycles. The van der Waals surface area contributed by atoms with Crippen LogP contribution in [0.1, 0.15) is 22.2 Å². The molecule has 0 unspecified atom stereocenters. The number of aryl methyl sites for hydroxylation is 1. The van der Waals surface area contributed by atoms with Crippen LogP contribution in [0, 0.1) is 6.92 Å². The summed E-state index contributed by atoms with van der Waals surface area (Å²) in [6, 6.07) is 10.6. The van der Waals surface area contributed by atoms with E-state index in [1.807, 2.05) is 19.1 Å². The number of hydrogen-bond acceptors (Lipinski definition) is 4. The van der Waals surface area contributed by atoms with E-state index >= 15 is 0 Å². The van der Waals surface area contributed by atoms with E-state index in [1.54, 1.807) is 24.3 Å². The molecule has 0 saturated carbocycles. The first-order chi connectivity index (χ1) is 9.04. The lowest BCUT2D eigenvalue weighted by Gasteiger charge is -2.03. The third kappa shape index (κ3) is 3.66. The van der Waals surface area contributed by atoms with Crippen LogP contribution in [0.25, 0.3) is 0 Å². The largest absolute Gasteiger partial charge is 0.422 e. The second kappa shape index (κ2) is 5.67. The Morgan fingerprint density at radius 3 is 2.68 bits per heavy atom. The van der Waals surface area contributed by atoms with Gasteiger partial charge in [-0.1, -0.05) is 12.1 Å². The lowest BCUT2D eigenvalue weighted by atomic mass is 10.2. The minimum atomic E-state index is -0.424. The van der Waals surface area contributed by atoms with Crippen molar-refractivity contribution < 1.29 is 14.3 Å². The summed E-state index contributed by atoms with van der Waals surface area (Å²) in [5.41, 5.74) is 1.02. The Balaban J connectivity index is 2.07. The van der Waals surface area contributed by atoms with Crippen LogP contribution in [0.3, 0.4) is 0 Å². The molecule has 0 fully saturated rings. The summed E-state index contributed by atoms with van der Waals surface area (Å²) in [5.74, 6) is -0.0767. The summed E-state index contributed by atoms with van der Waals surface area (Å²) in [5, 5.41) is 3.25. The number of hydrogen-bond donors (Lipinski definition) is 1. The average Bonchev–Trinajstić information content (AvgIpc) is 2.76. The zero-order chi connectivity index (χ0) is 13.8.